The van der Waals surface area contributed by atoms with Gasteiger partial charge in [0.15, 0.2) is 0 Å². The summed E-state index contributed by atoms with van der Waals surface area (Å²) in [6.07, 6.45) is 2.21. The Labute approximate surface area is 216 Å². The topological polar surface area (TPSA) is 93.4 Å². The van der Waals surface area contributed by atoms with Gasteiger partial charge in [-0.25, -0.2) is 9.50 Å². The normalized spacial score (nSPS) is 18.2. The monoisotopic (exact) mass is 503 g/mol. The van der Waals surface area contributed by atoms with Crippen LogP contribution in [0.2, 0.25) is 0 Å². The second kappa shape index (κ2) is 11.2. The van der Waals surface area contributed by atoms with Gasteiger partial charge in [-0.05, 0) is 54.9 Å². The largest absolute Gasteiger partial charge is 0.496 e. The number of hydrogen-bond acceptors (Lipinski definition) is 8. The highest BCUT2D eigenvalue weighted by atomic mass is 16.5. The zero-order valence-electron chi connectivity index (χ0n) is 21.4. The van der Waals surface area contributed by atoms with Crippen molar-refractivity contribution in [2.75, 3.05) is 52.9 Å². The first-order valence-corrected chi connectivity index (χ1v) is 12.4. The smallest absolute Gasteiger partial charge is 0.245 e. The first kappa shape index (κ1) is 25.0. The fraction of sp³-hybridized carbons (Fsp3) is 0.357. The third-order valence-corrected chi connectivity index (χ3v) is 6.96. The maximum Gasteiger partial charge on any atom is 0.245 e. The van der Waals surface area contributed by atoms with Crippen LogP contribution in [0.5, 0.6) is 11.5 Å². The molecular formula is C28H33N5O4. The molecule has 1 aliphatic rings. The van der Waals surface area contributed by atoms with Gasteiger partial charge < -0.3 is 24.6 Å². The Morgan fingerprint density at radius 3 is 2.65 bits per heavy atom. The number of rotatable bonds is 9. The van der Waals surface area contributed by atoms with Crippen molar-refractivity contribution in [1.29, 1.82) is 0 Å². The number of anilines is 2. The summed E-state index contributed by atoms with van der Waals surface area (Å²) in [6.45, 7) is 3.06. The molecule has 4 aromatic rings. The Balaban J connectivity index is 1.38. The number of benzene rings is 2. The predicted molar refractivity (Wildman–Crippen MR) is 143 cm³/mol. The third kappa shape index (κ3) is 5.24. The summed E-state index contributed by atoms with van der Waals surface area (Å²) in [5.41, 5.74) is 4.54. The van der Waals surface area contributed by atoms with Crippen LogP contribution in [0.1, 0.15) is 17.9 Å². The number of aromatic nitrogens is 3. The van der Waals surface area contributed by atoms with Crippen LogP contribution in [0.15, 0.2) is 60.8 Å². The minimum atomic E-state index is -0.443. The number of fused-ring (bicyclic) bond motifs is 1. The molecule has 0 aliphatic carbocycles. The van der Waals surface area contributed by atoms with Gasteiger partial charge in [0.1, 0.15) is 11.5 Å². The number of aliphatic hydroxyl groups excluding tert-OH is 1. The molecule has 0 radical (unpaired) electrons. The summed E-state index contributed by atoms with van der Waals surface area (Å²) in [5, 5.41) is 18.9. The van der Waals surface area contributed by atoms with Crippen molar-refractivity contribution < 1.29 is 19.3 Å². The number of ether oxygens (including phenoxy) is 3. The van der Waals surface area contributed by atoms with E-state index in [1.54, 1.807) is 27.5 Å². The lowest BCUT2D eigenvalue weighted by molar-refractivity contribution is 0.0384. The van der Waals surface area contributed by atoms with Crippen LogP contribution in [0.3, 0.4) is 0 Å². The number of β-amino-alcohol motifs (C(OH)–C–C–N with tert-alkyl or cyclic N) is 1. The first-order chi connectivity index (χ1) is 18.1. The van der Waals surface area contributed by atoms with Crippen LogP contribution < -0.4 is 14.8 Å². The number of likely N-dealkylation sites (tertiary alicyclic amines) is 1. The molecule has 0 spiro atoms. The maximum atomic E-state index is 10.8. The molecule has 2 atom stereocenters. The zero-order chi connectivity index (χ0) is 25.8. The average molecular weight is 504 g/mol. The van der Waals surface area contributed by atoms with Gasteiger partial charge in [-0.3, -0.25) is 4.90 Å². The SMILES string of the molecule is COCCN1CC[C@@H](c2ccc(Nc3ncc4ccc(-c5ccccc5OC)n4n3)c(OC)c2)[C@@H](O)C1. The molecule has 2 N–H and O–H groups in total. The Morgan fingerprint density at radius 2 is 1.86 bits per heavy atom. The fourth-order valence-corrected chi connectivity index (χ4v) is 4.99. The van der Waals surface area contributed by atoms with E-state index in [9.17, 15) is 5.11 Å². The van der Waals surface area contributed by atoms with Crippen molar-refractivity contribution in [3.05, 3.63) is 66.4 Å². The minimum absolute atomic E-state index is 0.0534. The number of piperidine rings is 1. The number of aliphatic hydroxyl groups is 1. The van der Waals surface area contributed by atoms with E-state index < -0.39 is 6.10 Å². The number of nitrogens with one attached hydrogen (secondary N) is 1. The van der Waals surface area contributed by atoms with Gasteiger partial charge in [0.05, 0.1) is 50.0 Å². The second-order valence-electron chi connectivity index (χ2n) is 9.18. The summed E-state index contributed by atoms with van der Waals surface area (Å²) in [4.78, 5) is 6.74. The van der Waals surface area contributed by atoms with Gasteiger partial charge in [0.2, 0.25) is 5.95 Å². The van der Waals surface area contributed by atoms with Gasteiger partial charge in [-0.2, -0.15) is 0 Å². The number of hydrogen-bond donors (Lipinski definition) is 2. The van der Waals surface area contributed by atoms with Crippen molar-refractivity contribution in [2.24, 2.45) is 0 Å². The van der Waals surface area contributed by atoms with E-state index in [1.165, 1.54) is 0 Å². The lowest BCUT2D eigenvalue weighted by atomic mass is 9.87. The Morgan fingerprint density at radius 1 is 1.03 bits per heavy atom. The summed E-state index contributed by atoms with van der Waals surface area (Å²) in [5.74, 6) is 1.95. The standard InChI is InChI=1S/C28H33N5O4/c1-35-15-14-32-13-12-21(25(34)18-32)19-8-10-23(27(16-19)37-3)30-28-29-17-20-9-11-24(33(20)31-28)22-6-4-5-7-26(22)36-2/h4-11,16-17,21,25,34H,12-15,18H2,1-3H3,(H,30,31)/t21-,25-/m0/s1. The summed E-state index contributed by atoms with van der Waals surface area (Å²) in [7, 11) is 5.01. The zero-order valence-corrected chi connectivity index (χ0v) is 21.4. The van der Waals surface area contributed by atoms with Gasteiger partial charge in [0, 0.05) is 31.7 Å². The van der Waals surface area contributed by atoms with Crippen molar-refractivity contribution in [2.45, 2.75) is 18.4 Å². The molecule has 2 aromatic carbocycles. The molecule has 5 rings (SSSR count). The molecule has 1 fully saturated rings. The van der Waals surface area contributed by atoms with Crippen LogP contribution in [0, 0.1) is 0 Å². The molecule has 0 unspecified atom stereocenters. The van der Waals surface area contributed by atoms with Crippen LogP contribution >= 0.6 is 0 Å². The first-order valence-electron chi connectivity index (χ1n) is 12.4. The Kier molecular flexibility index (Phi) is 7.55. The van der Waals surface area contributed by atoms with Crippen LogP contribution in [-0.2, 0) is 4.74 Å². The highest BCUT2D eigenvalue weighted by molar-refractivity contribution is 5.72. The van der Waals surface area contributed by atoms with E-state index in [0.29, 0.717) is 24.8 Å². The molecule has 9 nitrogen and oxygen atoms in total. The van der Waals surface area contributed by atoms with Gasteiger partial charge >= 0.3 is 0 Å². The Hall–Kier alpha value is -3.66. The fourth-order valence-electron chi connectivity index (χ4n) is 4.99. The number of methoxy groups -OCH3 is 3. The van der Waals surface area contributed by atoms with E-state index in [1.807, 2.05) is 59.1 Å². The molecule has 9 heteroatoms. The molecular weight excluding hydrogens is 470 g/mol. The van der Waals surface area contributed by atoms with Crippen LogP contribution in [0.4, 0.5) is 11.6 Å². The highest BCUT2D eigenvalue weighted by Crippen LogP contribution is 2.35. The number of nitrogens with zero attached hydrogens (tertiary/aromatic N) is 4. The average Bonchev–Trinajstić information content (AvgIpc) is 3.35. The van der Waals surface area contributed by atoms with Crippen molar-refractivity contribution in [1.82, 2.24) is 19.5 Å². The van der Waals surface area contributed by atoms with Gasteiger partial charge in [-0.1, -0.05) is 18.2 Å². The highest BCUT2D eigenvalue weighted by Gasteiger charge is 2.29. The summed E-state index contributed by atoms with van der Waals surface area (Å²) < 4.78 is 18.3. The summed E-state index contributed by atoms with van der Waals surface area (Å²) in [6, 6.07) is 17.8. The van der Waals surface area contributed by atoms with E-state index in [4.69, 9.17) is 19.3 Å². The lowest BCUT2D eigenvalue weighted by Crippen LogP contribution is -2.43. The van der Waals surface area contributed by atoms with Gasteiger partial charge in [0.25, 0.3) is 0 Å². The molecule has 37 heavy (non-hydrogen) atoms. The van der Waals surface area contributed by atoms with Gasteiger partial charge in [-0.15, -0.1) is 5.10 Å². The van der Waals surface area contributed by atoms with Crippen molar-refractivity contribution in [3.8, 4) is 22.8 Å². The quantitative estimate of drug-likeness (QED) is 0.355. The Bertz CT molecular complexity index is 1360. The molecule has 0 amide bonds. The molecule has 0 bridgehead atoms. The van der Waals surface area contributed by atoms with E-state index in [0.717, 1.165) is 53.3 Å². The third-order valence-electron chi connectivity index (χ3n) is 6.96. The minimum Gasteiger partial charge on any atom is -0.496 e. The molecule has 3 heterocycles. The van der Waals surface area contributed by atoms with Crippen molar-refractivity contribution in [3.63, 3.8) is 0 Å². The van der Waals surface area contributed by atoms with Crippen LogP contribution in [0.25, 0.3) is 16.8 Å². The van der Waals surface area contributed by atoms with E-state index in [-0.39, 0.29) is 5.92 Å². The molecule has 2 aromatic heterocycles. The second-order valence-corrected chi connectivity index (χ2v) is 9.18. The predicted octanol–water partition coefficient (Wildman–Crippen LogP) is 3.95. The summed E-state index contributed by atoms with van der Waals surface area (Å²) >= 11 is 0. The maximum absolute atomic E-state index is 10.8. The van der Waals surface area contributed by atoms with Crippen LogP contribution in [-0.4, -0.2) is 78.3 Å². The molecule has 194 valence electrons. The van der Waals surface area contributed by atoms with E-state index >= 15 is 0 Å². The van der Waals surface area contributed by atoms with E-state index in [2.05, 4.69) is 15.2 Å². The number of para-hydroxylation sites is 1. The molecule has 1 saturated heterocycles. The lowest BCUT2D eigenvalue weighted by Gasteiger charge is -2.36. The molecule has 0 saturated carbocycles. The van der Waals surface area contributed by atoms with Crippen molar-refractivity contribution >= 4 is 17.2 Å². The molecule has 1 aliphatic heterocycles.